The summed E-state index contributed by atoms with van der Waals surface area (Å²) in [5.74, 6) is -0.206. The van der Waals surface area contributed by atoms with Gasteiger partial charge in [-0.2, -0.15) is 0 Å². The van der Waals surface area contributed by atoms with E-state index in [2.05, 4.69) is 5.32 Å². The summed E-state index contributed by atoms with van der Waals surface area (Å²) in [6.45, 7) is 1.60. The van der Waals surface area contributed by atoms with E-state index in [9.17, 15) is 4.39 Å². The van der Waals surface area contributed by atoms with Crippen molar-refractivity contribution >= 4 is 12.4 Å². The Morgan fingerprint density at radius 3 is 2.21 bits per heavy atom. The van der Waals surface area contributed by atoms with E-state index >= 15 is 0 Å². The number of benzene rings is 1. The van der Waals surface area contributed by atoms with Crippen LogP contribution in [0.25, 0.3) is 0 Å². The van der Waals surface area contributed by atoms with Gasteiger partial charge >= 0.3 is 0 Å². The fourth-order valence-corrected chi connectivity index (χ4v) is 1.57. The van der Waals surface area contributed by atoms with E-state index in [4.69, 9.17) is 4.74 Å². The molecule has 1 heterocycles. The molecule has 1 saturated heterocycles. The first kappa shape index (κ1) is 11.4. The first-order chi connectivity index (χ1) is 6.27. The van der Waals surface area contributed by atoms with Gasteiger partial charge in [0.1, 0.15) is 11.4 Å². The van der Waals surface area contributed by atoms with Crippen LogP contribution < -0.4 is 5.32 Å². The molecule has 1 N–H and O–H groups in total. The molecule has 0 amide bonds. The number of halogens is 2. The molecule has 0 aliphatic carbocycles. The number of ether oxygens (including phenoxy) is 1. The van der Waals surface area contributed by atoms with Crippen LogP contribution in [0.2, 0.25) is 0 Å². The van der Waals surface area contributed by atoms with E-state index in [0.29, 0.717) is 0 Å². The highest BCUT2D eigenvalue weighted by Gasteiger charge is 2.38. The van der Waals surface area contributed by atoms with Gasteiger partial charge in [0, 0.05) is 20.2 Å². The highest BCUT2D eigenvalue weighted by Crippen LogP contribution is 2.28. The number of methoxy groups -OCH3 is 1. The maximum atomic E-state index is 12.6. The molecular weight excluding hydrogens is 205 g/mol. The van der Waals surface area contributed by atoms with Crippen LogP contribution in [0, 0.1) is 5.82 Å². The smallest absolute Gasteiger partial charge is 0.123 e. The predicted molar refractivity (Wildman–Crippen MR) is 55.2 cm³/mol. The molecule has 1 aliphatic rings. The molecule has 0 spiro atoms. The zero-order valence-electron chi connectivity index (χ0n) is 7.92. The van der Waals surface area contributed by atoms with Crippen molar-refractivity contribution in [2.75, 3.05) is 20.2 Å². The van der Waals surface area contributed by atoms with Gasteiger partial charge in [0.25, 0.3) is 0 Å². The normalized spacial score (nSPS) is 18.1. The van der Waals surface area contributed by atoms with Gasteiger partial charge < -0.3 is 10.1 Å². The van der Waals surface area contributed by atoms with Crippen LogP contribution in [-0.4, -0.2) is 20.2 Å². The average molecular weight is 218 g/mol. The molecule has 0 radical (unpaired) electrons. The van der Waals surface area contributed by atoms with Gasteiger partial charge in [0.15, 0.2) is 0 Å². The number of rotatable bonds is 2. The Labute approximate surface area is 88.9 Å². The summed E-state index contributed by atoms with van der Waals surface area (Å²) < 4.78 is 18.1. The van der Waals surface area contributed by atoms with E-state index in [0.717, 1.165) is 18.7 Å². The Kier molecular flexibility index (Phi) is 3.48. The minimum Gasteiger partial charge on any atom is -0.371 e. The first-order valence-electron chi connectivity index (χ1n) is 4.29. The summed E-state index contributed by atoms with van der Waals surface area (Å²) in [6, 6.07) is 6.49. The van der Waals surface area contributed by atoms with E-state index < -0.39 is 0 Å². The molecule has 0 bridgehead atoms. The van der Waals surface area contributed by atoms with Crippen molar-refractivity contribution in [1.82, 2.24) is 5.32 Å². The van der Waals surface area contributed by atoms with Crippen LogP contribution >= 0.6 is 12.4 Å². The van der Waals surface area contributed by atoms with Gasteiger partial charge in [-0.1, -0.05) is 12.1 Å². The molecule has 2 nitrogen and oxygen atoms in total. The van der Waals surface area contributed by atoms with Gasteiger partial charge in [-0.3, -0.25) is 0 Å². The quantitative estimate of drug-likeness (QED) is 0.814. The highest BCUT2D eigenvalue weighted by atomic mass is 35.5. The molecule has 78 valence electrons. The third-order valence-corrected chi connectivity index (χ3v) is 2.58. The largest absolute Gasteiger partial charge is 0.371 e. The lowest BCUT2D eigenvalue weighted by molar-refractivity contribution is -0.0565. The topological polar surface area (TPSA) is 21.3 Å². The SMILES string of the molecule is COC1(c2ccc(F)cc2)CNC1.Cl. The first-order valence-corrected chi connectivity index (χ1v) is 4.29. The summed E-state index contributed by atoms with van der Waals surface area (Å²) in [6.07, 6.45) is 0. The summed E-state index contributed by atoms with van der Waals surface area (Å²) in [4.78, 5) is 0. The second-order valence-electron chi connectivity index (χ2n) is 3.31. The van der Waals surface area contributed by atoms with E-state index in [1.807, 2.05) is 0 Å². The molecule has 4 heteroatoms. The summed E-state index contributed by atoms with van der Waals surface area (Å²) in [5.41, 5.74) is 0.809. The lowest BCUT2D eigenvalue weighted by atomic mass is 9.88. The molecule has 1 aliphatic heterocycles. The van der Waals surface area contributed by atoms with Crippen LogP contribution in [0.5, 0.6) is 0 Å². The van der Waals surface area contributed by atoms with E-state index in [1.165, 1.54) is 12.1 Å². The fraction of sp³-hybridized carbons (Fsp3) is 0.400. The number of hydrogen-bond donors (Lipinski definition) is 1. The Hall–Kier alpha value is -0.640. The third kappa shape index (κ3) is 1.75. The molecular formula is C10H13ClFNO. The van der Waals surface area contributed by atoms with Gasteiger partial charge in [-0.25, -0.2) is 4.39 Å². The lowest BCUT2D eigenvalue weighted by Crippen LogP contribution is -2.57. The molecule has 1 aromatic rings. The van der Waals surface area contributed by atoms with Gasteiger partial charge in [0.2, 0.25) is 0 Å². The van der Waals surface area contributed by atoms with Gasteiger partial charge in [-0.05, 0) is 17.7 Å². The van der Waals surface area contributed by atoms with Crippen LogP contribution in [0.3, 0.4) is 0 Å². The zero-order valence-corrected chi connectivity index (χ0v) is 8.73. The van der Waals surface area contributed by atoms with Crippen LogP contribution in [-0.2, 0) is 10.3 Å². The molecule has 1 fully saturated rings. The van der Waals surface area contributed by atoms with Crippen molar-refractivity contribution in [2.24, 2.45) is 0 Å². The summed E-state index contributed by atoms with van der Waals surface area (Å²) >= 11 is 0. The Bertz CT molecular complexity index is 292. The van der Waals surface area contributed by atoms with Gasteiger partial charge in [0.05, 0.1) is 0 Å². The van der Waals surface area contributed by atoms with Crippen molar-refractivity contribution in [2.45, 2.75) is 5.60 Å². The summed E-state index contributed by atoms with van der Waals surface area (Å²) in [7, 11) is 1.68. The second-order valence-corrected chi connectivity index (χ2v) is 3.31. The second kappa shape index (κ2) is 4.26. The molecule has 0 saturated carbocycles. The Morgan fingerprint density at radius 1 is 1.29 bits per heavy atom. The van der Waals surface area contributed by atoms with Crippen LogP contribution in [0.1, 0.15) is 5.56 Å². The Balaban J connectivity index is 0.000000980. The van der Waals surface area contributed by atoms with E-state index in [1.54, 1.807) is 19.2 Å². The predicted octanol–water partition coefficient (Wildman–Crippen LogP) is 1.69. The standard InChI is InChI=1S/C10H12FNO.ClH/c1-13-10(6-12-7-10)8-2-4-9(11)5-3-8;/h2-5,12H,6-7H2,1H3;1H. The van der Waals surface area contributed by atoms with E-state index in [-0.39, 0.29) is 23.8 Å². The lowest BCUT2D eigenvalue weighted by Gasteiger charge is -2.41. The fourth-order valence-electron chi connectivity index (χ4n) is 1.57. The maximum absolute atomic E-state index is 12.6. The van der Waals surface area contributed by atoms with Crippen molar-refractivity contribution in [3.05, 3.63) is 35.6 Å². The molecule has 0 unspecified atom stereocenters. The average Bonchev–Trinajstić information content (AvgIpc) is 2.07. The van der Waals surface area contributed by atoms with Crippen LogP contribution in [0.4, 0.5) is 4.39 Å². The molecule has 0 aromatic heterocycles. The van der Waals surface area contributed by atoms with Crippen LogP contribution in [0.15, 0.2) is 24.3 Å². The minimum atomic E-state index is -0.228. The Morgan fingerprint density at radius 2 is 1.86 bits per heavy atom. The van der Waals surface area contributed by atoms with Crippen molar-refractivity contribution in [3.63, 3.8) is 0 Å². The van der Waals surface area contributed by atoms with Crippen molar-refractivity contribution < 1.29 is 9.13 Å². The van der Waals surface area contributed by atoms with Crippen molar-refractivity contribution in [1.29, 1.82) is 0 Å². The molecule has 14 heavy (non-hydrogen) atoms. The number of hydrogen-bond acceptors (Lipinski definition) is 2. The zero-order chi connectivity index (χ0) is 9.31. The maximum Gasteiger partial charge on any atom is 0.123 e. The molecule has 0 atom stereocenters. The molecule has 2 rings (SSSR count). The van der Waals surface area contributed by atoms with Gasteiger partial charge in [-0.15, -0.1) is 12.4 Å². The third-order valence-electron chi connectivity index (χ3n) is 2.58. The number of nitrogens with one attached hydrogen (secondary N) is 1. The monoisotopic (exact) mass is 217 g/mol. The summed E-state index contributed by atoms with van der Waals surface area (Å²) in [5, 5.41) is 3.15. The van der Waals surface area contributed by atoms with Crippen molar-refractivity contribution in [3.8, 4) is 0 Å². The highest BCUT2D eigenvalue weighted by molar-refractivity contribution is 5.85. The molecule has 1 aromatic carbocycles. The minimum absolute atomic E-state index is 0.